The second kappa shape index (κ2) is 9.08. The molecule has 2 amide bonds. The van der Waals surface area contributed by atoms with Crippen LogP contribution in [0.3, 0.4) is 0 Å². The summed E-state index contributed by atoms with van der Waals surface area (Å²) >= 11 is 1.10. The number of carbonyl (C=O) groups excluding carboxylic acids is 2. The highest BCUT2D eigenvalue weighted by atomic mass is 32.1. The van der Waals surface area contributed by atoms with Gasteiger partial charge in [-0.2, -0.15) is 0 Å². The van der Waals surface area contributed by atoms with Crippen LogP contribution < -0.4 is 11.1 Å². The zero-order chi connectivity index (χ0) is 23.7. The molecule has 172 valence electrons. The lowest BCUT2D eigenvalue weighted by Gasteiger charge is -2.16. The first-order valence-corrected chi connectivity index (χ1v) is 10.5. The number of rotatable bonds is 4. The number of ether oxygens (including phenoxy) is 1. The summed E-state index contributed by atoms with van der Waals surface area (Å²) in [7, 11) is 3.00. The van der Waals surface area contributed by atoms with Gasteiger partial charge < -0.3 is 30.9 Å². The van der Waals surface area contributed by atoms with Crippen LogP contribution in [0.15, 0.2) is 18.6 Å². The van der Waals surface area contributed by atoms with E-state index in [2.05, 4.69) is 36.5 Å². The molecule has 1 aliphatic rings. The van der Waals surface area contributed by atoms with E-state index < -0.39 is 30.4 Å². The minimum atomic E-state index is -1.45. The van der Waals surface area contributed by atoms with Gasteiger partial charge in [0.25, 0.3) is 11.8 Å². The van der Waals surface area contributed by atoms with E-state index in [1.165, 1.54) is 22.8 Å². The molecule has 5 N–H and O–H groups in total. The smallest absolute Gasteiger partial charge is 0.266 e. The second-order valence-corrected chi connectivity index (χ2v) is 7.97. The number of nitrogen functional groups attached to an aromatic ring is 1. The third-order valence-corrected chi connectivity index (χ3v) is 5.71. The molecule has 1 saturated heterocycles. The molecule has 4 atom stereocenters. The highest BCUT2D eigenvalue weighted by Crippen LogP contribution is 2.32. The van der Waals surface area contributed by atoms with E-state index >= 15 is 0 Å². The molecule has 1 aliphatic heterocycles. The predicted molar refractivity (Wildman–Crippen MR) is 116 cm³/mol. The van der Waals surface area contributed by atoms with Crippen molar-refractivity contribution in [2.75, 3.05) is 26.4 Å². The van der Waals surface area contributed by atoms with Crippen LogP contribution in [0.2, 0.25) is 0 Å². The summed E-state index contributed by atoms with van der Waals surface area (Å²) in [6, 6.07) is 1.63. The van der Waals surface area contributed by atoms with Crippen molar-refractivity contribution in [2.24, 2.45) is 0 Å². The van der Waals surface area contributed by atoms with Crippen molar-refractivity contribution in [2.45, 2.75) is 24.5 Å². The summed E-state index contributed by atoms with van der Waals surface area (Å²) in [6.45, 7) is 0.113. The molecule has 4 rings (SSSR count). The Morgan fingerprint density at radius 3 is 2.85 bits per heavy atom. The molecule has 0 saturated carbocycles. The average Bonchev–Trinajstić information content (AvgIpc) is 3.54. The van der Waals surface area contributed by atoms with Crippen molar-refractivity contribution in [1.29, 1.82) is 0 Å². The number of imidazole rings is 1. The molecular formula is C19H20N8O5S. The Hall–Kier alpha value is -3.64. The molecule has 33 heavy (non-hydrogen) atoms. The van der Waals surface area contributed by atoms with Crippen LogP contribution in [0.1, 0.15) is 21.7 Å². The average molecular weight is 472 g/mol. The number of nitrogens with two attached hydrogens (primary N) is 1. The lowest BCUT2D eigenvalue weighted by atomic mass is 10.1. The van der Waals surface area contributed by atoms with Gasteiger partial charge in [0.2, 0.25) is 5.82 Å². The van der Waals surface area contributed by atoms with Crippen molar-refractivity contribution >= 4 is 40.3 Å². The van der Waals surface area contributed by atoms with Crippen LogP contribution in [-0.4, -0.2) is 89.8 Å². The molecule has 0 spiro atoms. The first kappa shape index (κ1) is 22.6. The van der Waals surface area contributed by atoms with E-state index in [1.807, 2.05) is 0 Å². The molecule has 13 nitrogen and oxygen atoms in total. The fraction of sp³-hybridized carbons (Fsp3) is 0.368. The molecule has 0 radical (unpaired) electrons. The van der Waals surface area contributed by atoms with Crippen LogP contribution in [-0.2, 0) is 9.53 Å². The van der Waals surface area contributed by atoms with Crippen molar-refractivity contribution < 1.29 is 24.5 Å². The van der Waals surface area contributed by atoms with Crippen molar-refractivity contribution in [3.8, 4) is 11.8 Å². The Labute approximate surface area is 191 Å². The fourth-order valence-corrected chi connectivity index (χ4v) is 3.84. The molecule has 0 aromatic carbocycles. The van der Waals surface area contributed by atoms with Crippen LogP contribution in [0, 0.1) is 11.8 Å². The Morgan fingerprint density at radius 2 is 2.15 bits per heavy atom. The normalized spacial score (nSPS) is 22.1. The number of aliphatic hydroxyl groups excluding tert-OH is 2. The molecule has 4 heterocycles. The number of hydrogen-bond acceptors (Lipinski definition) is 11. The summed E-state index contributed by atoms with van der Waals surface area (Å²) in [5.41, 5.74) is 6.44. The molecular weight excluding hydrogens is 452 g/mol. The summed E-state index contributed by atoms with van der Waals surface area (Å²) in [6.07, 6.45) is -2.39. The van der Waals surface area contributed by atoms with E-state index in [1.54, 1.807) is 19.3 Å². The maximum Gasteiger partial charge on any atom is 0.266 e. The van der Waals surface area contributed by atoms with Crippen molar-refractivity contribution in [1.82, 2.24) is 34.1 Å². The standard InChI is InChI=1S/C19H20N8O5S/c1-21-17(30)14-12(28)13(29)19(32-14)27-8-22-11-15(20)24-10(25-16(11)27)4-3-7-26(2)18(31)9-5-6-23-33-9/h5-6,8,12-14,19,28-29H,7H2,1-2H3,(H,21,30)(H2,20,24,25)/t12-,13+,14-,19+/m0/s1. The zero-order valence-corrected chi connectivity index (χ0v) is 18.4. The Balaban J connectivity index is 1.58. The number of carbonyl (C=O) groups is 2. The summed E-state index contributed by atoms with van der Waals surface area (Å²) in [5.74, 6) is 4.90. The van der Waals surface area contributed by atoms with Gasteiger partial charge in [0.05, 0.1) is 12.9 Å². The van der Waals surface area contributed by atoms with Gasteiger partial charge in [-0.15, -0.1) is 0 Å². The van der Waals surface area contributed by atoms with Gasteiger partial charge in [-0.25, -0.2) is 19.3 Å². The van der Waals surface area contributed by atoms with Gasteiger partial charge in [0, 0.05) is 20.3 Å². The van der Waals surface area contributed by atoms with Gasteiger partial charge in [-0.1, -0.05) is 5.92 Å². The maximum absolute atomic E-state index is 12.3. The number of aromatic nitrogens is 5. The Kier molecular flexibility index (Phi) is 6.20. The summed E-state index contributed by atoms with van der Waals surface area (Å²) < 4.78 is 10.8. The molecule has 0 aliphatic carbocycles. The number of amides is 2. The van der Waals surface area contributed by atoms with Crippen molar-refractivity contribution in [3.63, 3.8) is 0 Å². The lowest BCUT2D eigenvalue weighted by Crippen LogP contribution is -2.41. The van der Waals surface area contributed by atoms with Crippen LogP contribution >= 0.6 is 11.5 Å². The highest BCUT2D eigenvalue weighted by molar-refractivity contribution is 7.08. The molecule has 14 heteroatoms. The van der Waals surface area contributed by atoms with E-state index in [-0.39, 0.29) is 35.3 Å². The number of fused-ring (bicyclic) bond motifs is 1. The quantitative estimate of drug-likeness (QED) is 0.321. The largest absolute Gasteiger partial charge is 0.387 e. The van der Waals surface area contributed by atoms with Crippen LogP contribution in [0.4, 0.5) is 5.82 Å². The van der Waals surface area contributed by atoms with E-state index in [0.717, 1.165) is 11.5 Å². The molecule has 0 bridgehead atoms. The number of likely N-dealkylation sites (N-methyl/N-ethyl adjacent to an activating group) is 1. The third kappa shape index (κ3) is 4.22. The van der Waals surface area contributed by atoms with E-state index in [4.69, 9.17) is 10.5 Å². The van der Waals surface area contributed by atoms with Gasteiger partial charge in [0.15, 0.2) is 23.8 Å². The van der Waals surface area contributed by atoms with Crippen LogP contribution in [0.5, 0.6) is 0 Å². The van der Waals surface area contributed by atoms with Crippen LogP contribution in [0.25, 0.3) is 11.2 Å². The topological polar surface area (TPSA) is 182 Å². The third-order valence-electron chi connectivity index (χ3n) is 4.98. The maximum atomic E-state index is 12.3. The lowest BCUT2D eigenvalue weighted by molar-refractivity contribution is -0.137. The SMILES string of the molecule is CNC(=O)[C@H]1O[C@@H](n2cnc3c(N)nc(C#CCN(C)C(=O)c4ccns4)nc32)[C@H](O)[C@@H]1O. The number of hydrogen-bond donors (Lipinski definition) is 4. The predicted octanol–water partition coefficient (Wildman–Crippen LogP) is -1.65. The zero-order valence-electron chi connectivity index (χ0n) is 17.5. The number of aliphatic hydroxyl groups is 2. The number of anilines is 1. The summed E-state index contributed by atoms with van der Waals surface area (Å²) in [5, 5.41) is 23.0. The molecule has 1 fully saturated rings. The minimum absolute atomic E-state index is 0.0491. The first-order valence-electron chi connectivity index (χ1n) is 9.70. The number of nitrogens with one attached hydrogen (secondary N) is 1. The van der Waals surface area contributed by atoms with Crippen molar-refractivity contribution in [3.05, 3.63) is 29.3 Å². The molecule has 3 aromatic rings. The van der Waals surface area contributed by atoms with Gasteiger partial charge in [-0.05, 0) is 23.5 Å². The van der Waals surface area contributed by atoms with E-state index in [0.29, 0.717) is 4.88 Å². The Morgan fingerprint density at radius 1 is 1.36 bits per heavy atom. The number of nitrogens with zero attached hydrogens (tertiary/aromatic N) is 6. The monoisotopic (exact) mass is 472 g/mol. The van der Waals surface area contributed by atoms with Gasteiger partial charge in [-0.3, -0.25) is 14.2 Å². The molecule has 0 unspecified atom stereocenters. The Bertz CT molecular complexity index is 1250. The van der Waals surface area contributed by atoms with Gasteiger partial charge >= 0.3 is 0 Å². The minimum Gasteiger partial charge on any atom is -0.387 e. The fourth-order valence-electron chi connectivity index (χ4n) is 3.25. The summed E-state index contributed by atoms with van der Waals surface area (Å²) in [4.78, 5) is 38.7. The van der Waals surface area contributed by atoms with Gasteiger partial charge in [0.1, 0.15) is 22.6 Å². The van der Waals surface area contributed by atoms with E-state index in [9.17, 15) is 19.8 Å². The second-order valence-electron chi connectivity index (χ2n) is 7.14. The first-order chi connectivity index (χ1) is 15.8. The highest BCUT2D eigenvalue weighted by Gasteiger charge is 2.47. The molecule has 3 aromatic heterocycles.